The van der Waals surface area contributed by atoms with Crippen molar-refractivity contribution in [1.82, 2.24) is 29.6 Å². The van der Waals surface area contributed by atoms with E-state index in [2.05, 4.69) is 46.9 Å². The molecule has 0 radical (unpaired) electrons. The fourth-order valence-electron chi connectivity index (χ4n) is 3.22. The molecular weight excluding hydrogens is 360 g/mol. The number of aryl methyl sites for hydroxylation is 2. The second-order valence-corrected chi connectivity index (χ2v) is 8.95. The van der Waals surface area contributed by atoms with E-state index < -0.39 is 0 Å². The van der Waals surface area contributed by atoms with Crippen LogP contribution < -0.4 is 5.32 Å². The van der Waals surface area contributed by atoms with Gasteiger partial charge in [-0.3, -0.25) is 9.48 Å². The Bertz CT molecular complexity index is 977. The van der Waals surface area contributed by atoms with Gasteiger partial charge in [-0.05, 0) is 6.42 Å². The van der Waals surface area contributed by atoms with Crippen molar-refractivity contribution in [3.63, 3.8) is 0 Å². The van der Waals surface area contributed by atoms with Gasteiger partial charge in [-0.15, -0.1) is 11.3 Å². The van der Waals surface area contributed by atoms with Crippen molar-refractivity contribution in [1.29, 1.82) is 0 Å². The Hall–Kier alpha value is -2.48. The minimum Gasteiger partial charge on any atom is -0.346 e. The molecule has 3 aromatic rings. The Labute approximate surface area is 162 Å². The van der Waals surface area contributed by atoms with Gasteiger partial charge in [0, 0.05) is 54.8 Å². The largest absolute Gasteiger partial charge is 0.346 e. The summed E-state index contributed by atoms with van der Waals surface area (Å²) in [4.78, 5) is 21.9. The molecule has 0 spiro atoms. The van der Waals surface area contributed by atoms with Crippen LogP contribution in [0.4, 0.5) is 0 Å². The number of hydrogen-bond donors (Lipinski definition) is 1. The summed E-state index contributed by atoms with van der Waals surface area (Å²) in [7, 11) is 1.86. The zero-order chi connectivity index (χ0) is 19.2. The first-order chi connectivity index (χ1) is 12.8. The average Bonchev–Trinajstić information content (AvgIpc) is 3.32. The summed E-state index contributed by atoms with van der Waals surface area (Å²) >= 11 is 1.46. The van der Waals surface area contributed by atoms with Crippen molar-refractivity contribution in [2.45, 2.75) is 51.6 Å². The highest BCUT2D eigenvalue weighted by atomic mass is 32.1. The van der Waals surface area contributed by atoms with Crippen LogP contribution in [0.25, 0.3) is 10.6 Å². The Balaban J connectivity index is 1.43. The van der Waals surface area contributed by atoms with Crippen LogP contribution in [-0.4, -0.2) is 36.3 Å². The van der Waals surface area contributed by atoms with Gasteiger partial charge in [0.15, 0.2) is 0 Å². The Morgan fingerprint density at radius 3 is 2.81 bits per heavy atom. The molecule has 0 saturated heterocycles. The average molecular weight is 385 g/mol. The number of hydrogen-bond acceptors (Lipinski definition) is 5. The highest BCUT2D eigenvalue weighted by molar-refractivity contribution is 7.13. The number of aromatic nitrogens is 5. The predicted molar refractivity (Wildman–Crippen MR) is 105 cm³/mol. The lowest BCUT2D eigenvalue weighted by atomic mass is 9.93. The second kappa shape index (κ2) is 6.60. The summed E-state index contributed by atoms with van der Waals surface area (Å²) in [6.07, 6.45) is 7.55. The molecule has 27 heavy (non-hydrogen) atoms. The first kappa shape index (κ1) is 17.9. The van der Waals surface area contributed by atoms with E-state index in [4.69, 9.17) is 4.98 Å². The third-order valence-corrected chi connectivity index (χ3v) is 5.68. The first-order valence-corrected chi connectivity index (χ1v) is 9.99. The molecule has 1 amide bonds. The van der Waals surface area contributed by atoms with Gasteiger partial charge >= 0.3 is 0 Å². The summed E-state index contributed by atoms with van der Waals surface area (Å²) in [5, 5.41) is 9.90. The van der Waals surface area contributed by atoms with Crippen molar-refractivity contribution in [2.75, 3.05) is 0 Å². The van der Waals surface area contributed by atoms with Gasteiger partial charge < -0.3 is 9.88 Å². The molecule has 0 aromatic carbocycles. The number of amides is 1. The number of nitrogens with zero attached hydrogens (tertiary/aromatic N) is 5. The van der Waals surface area contributed by atoms with Crippen LogP contribution in [0.5, 0.6) is 0 Å². The molecule has 1 N–H and O–H groups in total. The van der Waals surface area contributed by atoms with Crippen LogP contribution in [-0.2, 0) is 25.4 Å². The molecule has 0 fully saturated rings. The Morgan fingerprint density at radius 1 is 1.30 bits per heavy atom. The summed E-state index contributed by atoms with van der Waals surface area (Å²) in [5.41, 5.74) is 2.53. The molecule has 3 aromatic heterocycles. The van der Waals surface area contributed by atoms with Crippen LogP contribution in [0.1, 0.15) is 49.2 Å². The molecule has 8 heteroatoms. The number of fused-ring (bicyclic) bond motifs is 1. The standard InChI is InChI=1S/C19H24N6OS/c1-19(2,3)15-10-25-9-13(5-6-16(25)23-15)21-17(26)14-11-27-18(22-14)12-7-20-24(4)8-12/h7-8,10-11,13H,5-6,9H2,1-4H3,(H,21,26). The van der Waals surface area contributed by atoms with E-state index in [-0.39, 0.29) is 17.4 Å². The highest BCUT2D eigenvalue weighted by Gasteiger charge is 2.26. The molecular formula is C19H24N6OS. The van der Waals surface area contributed by atoms with Gasteiger partial charge in [0.2, 0.25) is 0 Å². The smallest absolute Gasteiger partial charge is 0.271 e. The lowest BCUT2D eigenvalue weighted by Gasteiger charge is -2.24. The zero-order valence-corrected chi connectivity index (χ0v) is 16.9. The van der Waals surface area contributed by atoms with E-state index in [1.807, 2.05) is 13.2 Å². The molecule has 142 valence electrons. The van der Waals surface area contributed by atoms with Crippen molar-refractivity contribution in [3.8, 4) is 10.6 Å². The lowest BCUT2D eigenvalue weighted by molar-refractivity contribution is 0.0923. The molecule has 1 atom stereocenters. The lowest BCUT2D eigenvalue weighted by Crippen LogP contribution is -2.41. The molecule has 4 heterocycles. The summed E-state index contributed by atoms with van der Waals surface area (Å²) < 4.78 is 3.91. The van der Waals surface area contributed by atoms with E-state index in [1.165, 1.54) is 11.3 Å². The summed E-state index contributed by atoms with van der Waals surface area (Å²) in [6.45, 7) is 7.26. The summed E-state index contributed by atoms with van der Waals surface area (Å²) in [6, 6.07) is 0.0931. The molecule has 0 aliphatic carbocycles. The third kappa shape index (κ3) is 3.66. The monoisotopic (exact) mass is 384 g/mol. The van der Waals surface area contributed by atoms with Crippen LogP contribution in [0.2, 0.25) is 0 Å². The topological polar surface area (TPSA) is 77.6 Å². The molecule has 4 rings (SSSR count). The molecule has 1 aliphatic rings. The van der Waals surface area contributed by atoms with E-state index in [9.17, 15) is 4.79 Å². The van der Waals surface area contributed by atoms with Crippen LogP contribution in [0.3, 0.4) is 0 Å². The minimum atomic E-state index is -0.119. The van der Waals surface area contributed by atoms with Crippen LogP contribution in [0, 0.1) is 0 Å². The van der Waals surface area contributed by atoms with Crippen molar-refractivity contribution in [3.05, 3.63) is 41.2 Å². The van der Waals surface area contributed by atoms with E-state index in [0.29, 0.717) is 5.69 Å². The predicted octanol–water partition coefficient (Wildman–Crippen LogP) is 2.78. The SMILES string of the molecule is Cn1cc(-c2nc(C(=O)NC3CCc4nc(C(C)(C)C)cn4C3)cs2)cn1. The van der Waals surface area contributed by atoms with E-state index >= 15 is 0 Å². The molecule has 1 aliphatic heterocycles. The van der Waals surface area contributed by atoms with Crippen LogP contribution >= 0.6 is 11.3 Å². The maximum atomic E-state index is 12.6. The van der Waals surface area contributed by atoms with Gasteiger partial charge in [-0.1, -0.05) is 20.8 Å². The van der Waals surface area contributed by atoms with Crippen molar-refractivity contribution in [2.24, 2.45) is 7.05 Å². The van der Waals surface area contributed by atoms with Gasteiger partial charge in [-0.25, -0.2) is 9.97 Å². The molecule has 0 saturated carbocycles. The van der Waals surface area contributed by atoms with Crippen LogP contribution in [0.15, 0.2) is 24.0 Å². The maximum absolute atomic E-state index is 12.6. The van der Waals surface area contributed by atoms with Gasteiger partial charge in [0.1, 0.15) is 16.5 Å². The fraction of sp³-hybridized carbons (Fsp3) is 0.474. The number of carbonyl (C=O) groups is 1. The first-order valence-electron chi connectivity index (χ1n) is 9.11. The third-order valence-electron chi connectivity index (χ3n) is 4.78. The molecule has 0 bridgehead atoms. The normalized spacial score (nSPS) is 17.0. The second-order valence-electron chi connectivity index (χ2n) is 8.09. The van der Waals surface area contributed by atoms with Crippen molar-refractivity contribution >= 4 is 17.2 Å². The number of nitrogens with one attached hydrogen (secondary N) is 1. The zero-order valence-electron chi connectivity index (χ0n) is 16.1. The van der Waals surface area contributed by atoms with Gasteiger partial charge in [-0.2, -0.15) is 5.10 Å². The highest BCUT2D eigenvalue weighted by Crippen LogP contribution is 2.25. The molecule has 1 unspecified atom stereocenters. The number of carbonyl (C=O) groups excluding carboxylic acids is 1. The summed E-state index contributed by atoms with van der Waals surface area (Å²) in [5.74, 6) is 0.990. The Kier molecular flexibility index (Phi) is 4.38. The number of imidazole rings is 1. The van der Waals surface area contributed by atoms with Gasteiger partial charge in [0.25, 0.3) is 5.91 Å². The number of rotatable bonds is 3. The van der Waals surface area contributed by atoms with Gasteiger partial charge in [0.05, 0.1) is 11.9 Å². The quantitative estimate of drug-likeness (QED) is 0.753. The fourth-order valence-corrected chi connectivity index (χ4v) is 4.00. The van der Waals surface area contributed by atoms with E-state index in [0.717, 1.165) is 41.5 Å². The van der Waals surface area contributed by atoms with E-state index in [1.54, 1.807) is 16.3 Å². The molecule has 7 nitrogen and oxygen atoms in total. The maximum Gasteiger partial charge on any atom is 0.271 e. The number of thiazole rings is 1. The Morgan fingerprint density at radius 2 is 2.11 bits per heavy atom. The minimum absolute atomic E-state index is 0.0341. The van der Waals surface area contributed by atoms with Crippen molar-refractivity contribution < 1.29 is 4.79 Å².